The number of hydrogen-bond donors (Lipinski definition) is 0. The number of ether oxygens (including phenoxy) is 1. The number of rotatable bonds is 3. The van der Waals surface area contributed by atoms with Gasteiger partial charge in [0, 0.05) is 6.07 Å². The highest BCUT2D eigenvalue weighted by atomic mass is 19.1. The van der Waals surface area contributed by atoms with Gasteiger partial charge >= 0.3 is 0 Å². The first kappa shape index (κ1) is 10.4. The molecular formula is C10H8F2O2. The van der Waals surface area contributed by atoms with Crippen LogP contribution in [0.25, 0.3) is 0 Å². The molecule has 0 aliphatic heterocycles. The van der Waals surface area contributed by atoms with E-state index in [0.29, 0.717) is 6.07 Å². The lowest BCUT2D eigenvalue weighted by atomic mass is 10.1. The van der Waals surface area contributed by atoms with Gasteiger partial charge in [0.1, 0.15) is 5.82 Å². The number of halogens is 2. The van der Waals surface area contributed by atoms with E-state index >= 15 is 0 Å². The lowest BCUT2D eigenvalue weighted by Gasteiger charge is -2.06. The Bertz CT molecular complexity index is 386. The molecule has 14 heavy (non-hydrogen) atoms. The molecule has 2 nitrogen and oxygen atoms in total. The maximum Gasteiger partial charge on any atom is 0.189 e. The number of benzene rings is 1. The van der Waals surface area contributed by atoms with E-state index in [1.54, 1.807) is 0 Å². The third kappa shape index (κ3) is 1.79. The summed E-state index contributed by atoms with van der Waals surface area (Å²) in [5.74, 6) is -2.58. The van der Waals surface area contributed by atoms with Crippen molar-refractivity contribution in [1.82, 2.24) is 0 Å². The molecule has 0 saturated heterocycles. The number of carbonyl (C=O) groups excluding carboxylic acids is 1. The van der Waals surface area contributed by atoms with Gasteiger partial charge in [-0.3, -0.25) is 4.79 Å². The molecule has 1 aromatic rings. The molecule has 0 heterocycles. The van der Waals surface area contributed by atoms with Crippen LogP contribution in [0.3, 0.4) is 0 Å². The van der Waals surface area contributed by atoms with Gasteiger partial charge in [0.05, 0.1) is 12.7 Å². The summed E-state index contributed by atoms with van der Waals surface area (Å²) >= 11 is 0. The highest BCUT2D eigenvalue weighted by Gasteiger charge is 2.15. The summed E-state index contributed by atoms with van der Waals surface area (Å²) in [6.45, 7) is 3.22. The van der Waals surface area contributed by atoms with E-state index in [2.05, 4.69) is 11.3 Å². The van der Waals surface area contributed by atoms with E-state index in [1.807, 2.05) is 0 Å². The molecule has 0 fully saturated rings. The van der Waals surface area contributed by atoms with Crippen LogP contribution in [0.2, 0.25) is 0 Å². The topological polar surface area (TPSA) is 26.3 Å². The van der Waals surface area contributed by atoms with E-state index in [1.165, 1.54) is 7.11 Å². The third-order valence-electron chi connectivity index (χ3n) is 1.66. The smallest absolute Gasteiger partial charge is 0.189 e. The molecule has 0 aliphatic rings. The van der Waals surface area contributed by atoms with Gasteiger partial charge in [-0.05, 0) is 12.1 Å². The summed E-state index contributed by atoms with van der Waals surface area (Å²) in [6.07, 6.45) is 0.969. The summed E-state index contributed by atoms with van der Waals surface area (Å²) in [7, 11) is 1.20. The van der Waals surface area contributed by atoms with Crippen LogP contribution in [0.5, 0.6) is 5.75 Å². The fourth-order valence-corrected chi connectivity index (χ4v) is 1.06. The molecule has 74 valence electrons. The van der Waals surface area contributed by atoms with Crippen LogP contribution < -0.4 is 4.74 Å². The largest absolute Gasteiger partial charge is 0.493 e. The Balaban J connectivity index is 3.39. The van der Waals surface area contributed by atoms with E-state index in [4.69, 9.17) is 0 Å². The molecule has 0 atom stereocenters. The second-order valence-electron chi connectivity index (χ2n) is 2.54. The Morgan fingerprint density at radius 2 is 2.14 bits per heavy atom. The van der Waals surface area contributed by atoms with Crippen LogP contribution in [0.15, 0.2) is 24.8 Å². The Hall–Kier alpha value is -1.71. The van der Waals surface area contributed by atoms with E-state index < -0.39 is 17.4 Å². The average molecular weight is 198 g/mol. The van der Waals surface area contributed by atoms with Crippen molar-refractivity contribution in [3.8, 4) is 5.75 Å². The summed E-state index contributed by atoms with van der Waals surface area (Å²) in [6, 6.07) is 1.56. The first-order valence-electron chi connectivity index (χ1n) is 3.80. The Kier molecular flexibility index (Phi) is 2.96. The van der Waals surface area contributed by atoms with Crippen molar-refractivity contribution in [2.75, 3.05) is 7.11 Å². The van der Waals surface area contributed by atoms with Crippen LogP contribution >= 0.6 is 0 Å². The first-order chi connectivity index (χ1) is 6.60. The lowest BCUT2D eigenvalue weighted by Crippen LogP contribution is -2.02. The Morgan fingerprint density at radius 3 is 2.64 bits per heavy atom. The van der Waals surface area contributed by atoms with Gasteiger partial charge < -0.3 is 4.74 Å². The number of ketones is 1. The van der Waals surface area contributed by atoms with Crippen LogP contribution in [0, 0.1) is 11.6 Å². The molecule has 0 spiro atoms. The van der Waals surface area contributed by atoms with Crippen LogP contribution in [0.1, 0.15) is 10.4 Å². The monoisotopic (exact) mass is 198 g/mol. The Morgan fingerprint density at radius 1 is 1.50 bits per heavy atom. The van der Waals surface area contributed by atoms with Crippen molar-refractivity contribution in [3.63, 3.8) is 0 Å². The predicted octanol–water partition coefficient (Wildman–Crippen LogP) is 2.34. The zero-order chi connectivity index (χ0) is 10.7. The molecule has 0 bridgehead atoms. The van der Waals surface area contributed by atoms with Crippen molar-refractivity contribution in [2.45, 2.75) is 0 Å². The quantitative estimate of drug-likeness (QED) is 0.550. The van der Waals surface area contributed by atoms with Crippen molar-refractivity contribution in [1.29, 1.82) is 0 Å². The van der Waals surface area contributed by atoms with Gasteiger partial charge in [0.25, 0.3) is 0 Å². The maximum atomic E-state index is 13.1. The molecule has 0 N–H and O–H groups in total. The molecule has 1 rings (SSSR count). The standard InChI is InChI=1S/C10H8F2O2/c1-3-9(13)7-4-6(11)5-8(12)10(7)14-2/h3-5H,1H2,2H3. The van der Waals surface area contributed by atoms with Gasteiger partial charge in [-0.2, -0.15) is 0 Å². The normalized spacial score (nSPS) is 9.64. The van der Waals surface area contributed by atoms with Crippen LogP contribution in [-0.2, 0) is 0 Å². The third-order valence-corrected chi connectivity index (χ3v) is 1.66. The maximum absolute atomic E-state index is 13.1. The minimum absolute atomic E-state index is 0.167. The fraction of sp³-hybridized carbons (Fsp3) is 0.100. The second kappa shape index (κ2) is 4.00. The minimum atomic E-state index is -0.905. The average Bonchev–Trinajstić information content (AvgIpc) is 2.15. The zero-order valence-electron chi connectivity index (χ0n) is 7.51. The summed E-state index contributed by atoms with van der Waals surface area (Å²) < 4.78 is 30.5. The number of carbonyl (C=O) groups is 1. The number of allylic oxidation sites excluding steroid dienone is 1. The molecule has 0 unspecified atom stereocenters. The Labute approximate surface area is 79.8 Å². The van der Waals surface area contributed by atoms with Gasteiger partial charge in [-0.1, -0.05) is 6.58 Å². The summed E-state index contributed by atoms with van der Waals surface area (Å²) in [5.41, 5.74) is -0.167. The molecule has 0 amide bonds. The van der Waals surface area contributed by atoms with Gasteiger partial charge in [0.15, 0.2) is 17.3 Å². The van der Waals surface area contributed by atoms with Crippen LogP contribution in [0.4, 0.5) is 8.78 Å². The van der Waals surface area contributed by atoms with Gasteiger partial charge in [-0.25, -0.2) is 8.78 Å². The molecule has 0 aliphatic carbocycles. The number of methoxy groups -OCH3 is 1. The molecule has 0 saturated carbocycles. The van der Waals surface area contributed by atoms with Crippen molar-refractivity contribution in [2.24, 2.45) is 0 Å². The van der Waals surface area contributed by atoms with E-state index in [9.17, 15) is 13.6 Å². The molecule has 0 aromatic heterocycles. The summed E-state index contributed by atoms with van der Waals surface area (Å²) in [4.78, 5) is 11.2. The van der Waals surface area contributed by atoms with Gasteiger partial charge in [0.2, 0.25) is 0 Å². The van der Waals surface area contributed by atoms with Crippen molar-refractivity contribution in [3.05, 3.63) is 42.0 Å². The highest BCUT2D eigenvalue weighted by Crippen LogP contribution is 2.24. The second-order valence-corrected chi connectivity index (χ2v) is 2.54. The molecule has 1 aromatic carbocycles. The molecular weight excluding hydrogens is 190 g/mol. The first-order valence-corrected chi connectivity index (χ1v) is 3.80. The van der Waals surface area contributed by atoms with E-state index in [0.717, 1.165) is 12.1 Å². The van der Waals surface area contributed by atoms with Crippen LogP contribution in [-0.4, -0.2) is 12.9 Å². The molecule has 0 radical (unpaired) electrons. The zero-order valence-corrected chi connectivity index (χ0v) is 7.51. The molecule has 4 heteroatoms. The summed E-state index contributed by atoms with van der Waals surface area (Å²) in [5, 5.41) is 0. The lowest BCUT2D eigenvalue weighted by molar-refractivity contribution is 0.104. The highest BCUT2D eigenvalue weighted by molar-refractivity contribution is 6.06. The van der Waals surface area contributed by atoms with E-state index in [-0.39, 0.29) is 11.3 Å². The number of hydrogen-bond acceptors (Lipinski definition) is 2. The fourth-order valence-electron chi connectivity index (χ4n) is 1.06. The minimum Gasteiger partial charge on any atom is -0.493 e. The predicted molar refractivity (Wildman–Crippen MR) is 47.4 cm³/mol. The van der Waals surface area contributed by atoms with Gasteiger partial charge in [-0.15, -0.1) is 0 Å². The van der Waals surface area contributed by atoms with Crippen molar-refractivity contribution < 1.29 is 18.3 Å². The van der Waals surface area contributed by atoms with Crippen molar-refractivity contribution >= 4 is 5.78 Å². The SMILES string of the molecule is C=CC(=O)c1cc(F)cc(F)c1OC.